The molecule has 0 aliphatic carbocycles. The van der Waals surface area contributed by atoms with E-state index in [2.05, 4.69) is 29.1 Å². The minimum atomic E-state index is -3.17. The predicted molar refractivity (Wildman–Crippen MR) is 64.7 cm³/mol. The molecular weight excluding hydrogens is 224 g/mol. The highest BCUT2D eigenvalue weighted by molar-refractivity contribution is 7.93. The maximum atomic E-state index is 10.7. The van der Waals surface area contributed by atoms with Crippen molar-refractivity contribution in [2.75, 3.05) is 19.3 Å². The predicted octanol–water partition coefficient (Wildman–Crippen LogP) is 0.392. The van der Waals surface area contributed by atoms with Crippen LogP contribution in [-0.2, 0) is 16.6 Å². The van der Waals surface area contributed by atoms with Crippen LogP contribution in [0.2, 0.25) is 0 Å². The molecule has 90 valence electrons. The Hall–Kier alpha value is -0.910. The zero-order chi connectivity index (χ0) is 12.0. The van der Waals surface area contributed by atoms with Gasteiger partial charge in [0.25, 0.3) is 0 Å². The summed E-state index contributed by atoms with van der Waals surface area (Å²) in [5, 5.41) is 2.07. The third kappa shape index (κ3) is 5.25. The summed E-state index contributed by atoms with van der Waals surface area (Å²) in [6, 6.07) is 8.18. The fourth-order valence-electron chi connectivity index (χ4n) is 1.41. The average Bonchev–Trinajstić information content (AvgIpc) is 2.18. The van der Waals surface area contributed by atoms with Gasteiger partial charge in [0.15, 0.2) is 0 Å². The average molecular weight is 242 g/mol. The lowest BCUT2D eigenvalue weighted by atomic mass is 10.1. The van der Waals surface area contributed by atoms with Crippen LogP contribution >= 0.6 is 0 Å². The minimum Gasteiger partial charge on any atom is -0.545 e. The summed E-state index contributed by atoms with van der Waals surface area (Å²) in [5.74, 6) is 0. The molecule has 2 N–H and O–H groups in total. The molecule has 5 heteroatoms. The van der Waals surface area contributed by atoms with Gasteiger partial charge in [-0.1, -0.05) is 30.8 Å². The summed E-state index contributed by atoms with van der Waals surface area (Å²) in [6.45, 7) is 3.99. The Labute approximate surface area is 97.1 Å². The van der Waals surface area contributed by atoms with Crippen molar-refractivity contribution in [3.8, 4) is 0 Å². The van der Waals surface area contributed by atoms with Gasteiger partial charge in [0, 0.05) is 11.8 Å². The van der Waals surface area contributed by atoms with Gasteiger partial charge in [-0.25, -0.2) is 8.42 Å². The maximum absolute atomic E-state index is 10.7. The molecule has 0 amide bonds. The summed E-state index contributed by atoms with van der Waals surface area (Å²) < 4.78 is 25.0. The van der Waals surface area contributed by atoms with Crippen molar-refractivity contribution in [2.45, 2.75) is 13.5 Å². The zero-order valence-electron chi connectivity index (χ0n) is 9.68. The van der Waals surface area contributed by atoms with Crippen molar-refractivity contribution >= 4 is 10.0 Å². The lowest BCUT2D eigenvalue weighted by molar-refractivity contribution is -0.667. The number of sulfonamides is 1. The van der Waals surface area contributed by atoms with Crippen molar-refractivity contribution in [3.05, 3.63) is 40.1 Å². The van der Waals surface area contributed by atoms with E-state index in [1.807, 2.05) is 12.1 Å². The second kappa shape index (κ2) is 5.98. The molecule has 0 spiro atoms. The molecule has 0 saturated carbocycles. The summed E-state index contributed by atoms with van der Waals surface area (Å²) in [5.41, 5.74) is 2.54. The minimum absolute atomic E-state index is 0.352. The van der Waals surface area contributed by atoms with E-state index in [9.17, 15) is 8.42 Å². The highest BCUT2D eigenvalue weighted by atomic mass is 32.2. The van der Waals surface area contributed by atoms with E-state index < -0.39 is 10.0 Å². The van der Waals surface area contributed by atoms with Crippen molar-refractivity contribution in [1.29, 1.82) is 0 Å². The highest BCUT2D eigenvalue weighted by Gasteiger charge is 1.97. The zero-order valence-corrected chi connectivity index (χ0v) is 10.5. The first-order valence-electron chi connectivity index (χ1n) is 5.24. The topological polar surface area (TPSA) is 64.8 Å². The lowest BCUT2D eigenvalue weighted by Gasteiger charge is -2.14. The Balaban J connectivity index is 2.24. The summed E-state index contributed by atoms with van der Waals surface area (Å²) in [6.07, 6.45) is 1.12. The molecule has 0 atom stereocenters. The van der Waals surface area contributed by atoms with E-state index in [1.54, 1.807) is 0 Å². The van der Waals surface area contributed by atoms with Gasteiger partial charge in [-0.15, -0.1) is 0 Å². The molecule has 4 nitrogen and oxygen atoms in total. The molecule has 16 heavy (non-hydrogen) atoms. The van der Waals surface area contributed by atoms with E-state index >= 15 is 0 Å². The van der Waals surface area contributed by atoms with Gasteiger partial charge in [0.2, 0.25) is 0 Å². The number of hydrogen-bond acceptors (Lipinski definition) is 2. The maximum Gasteiger partial charge on any atom is 0.101 e. The van der Waals surface area contributed by atoms with Crippen LogP contribution in [0.1, 0.15) is 11.1 Å². The number of aryl methyl sites for hydroxylation is 1. The molecule has 0 bridgehead atoms. The number of nitrogens with two attached hydrogens (primary N) is 1. The van der Waals surface area contributed by atoms with Gasteiger partial charge in [0.05, 0.1) is 16.6 Å². The van der Waals surface area contributed by atoms with Crippen LogP contribution in [0.3, 0.4) is 0 Å². The van der Waals surface area contributed by atoms with Crippen LogP contribution in [0.4, 0.5) is 0 Å². The molecule has 0 aliphatic heterocycles. The van der Waals surface area contributed by atoms with Gasteiger partial charge in [-0.05, 0) is 12.5 Å². The molecule has 0 heterocycles. The Morgan fingerprint density at radius 2 is 2.00 bits per heavy atom. The molecule has 1 aromatic rings. The van der Waals surface area contributed by atoms with Crippen LogP contribution in [0, 0.1) is 6.92 Å². The van der Waals surface area contributed by atoms with Gasteiger partial charge < -0.3 is 10.0 Å². The first-order valence-corrected chi connectivity index (χ1v) is 7.09. The highest BCUT2D eigenvalue weighted by Crippen LogP contribution is 2.04. The Morgan fingerprint density at radius 3 is 2.62 bits per heavy atom. The van der Waals surface area contributed by atoms with Gasteiger partial charge in [-0.3, -0.25) is 0 Å². The van der Waals surface area contributed by atoms with E-state index in [-0.39, 0.29) is 0 Å². The monoisotopic (exact) mass is 242 g/mol. The molecule has 0 fully saturated rings. The summed E-state index contributed by atoms with van der Waals surface area (Å²) in [4.78, 5) is 0. The van der Waals surface area contributed by atoms with Crippen molar-refractivity contribution in [2.24, 2.45) is 0 Å². The van der Waals surface area contributed by atoms with Crippen LogP contribution in [-0.4, -0.2) is 27.8 Å². The van der Waals surface area contributed by atoms with Gasteiger partial charge in [0.1, 0.15) is 6.54 Å². The first-order chi connectivity index (χ1) is 7.49. The van der Waals surface area contributed by atoms with Crippen LogP contribution in [0.25, 0.3) is 4.72 Å². The second-order valence-electron chi connectivity index (χ2n) is 3.79. The largest absolute Gasteiger partial charge is 0.545 e. The van der Waals surface area contributed by atoms with Crippen molar-refractivity contribution in [3.63, 3.8) is 0 Å². The second-order valence-corrected chi connectivity index (χ2v) is 5.52. The molecule has 0 saturated heterocycles. The molecule has 0 aromatic heterocycles. The first kappa shape index (κ1) is 13.2. The molecule has 0 aliphatic rings. The van der Waals surface area contributed by atoms with E-state index in [0.29, 0.717) is 13.1 Å². The standard InChI is InChI=1S/C11H17N2O2S/c1-10-5-3-4-6-11(10)9-12-7-8-13-16(2,14)15/h3-6,12H,7-9H2,1-2H3/q-1/p+1. The smallest absolute Gasteiger partial charge is 0.101 e. The van der Waals surface area contributed by atoms with Gasteiger partial charge in [-0.2, -0.15) is 0 Å². The molecular formula is C11H18N2O2S. The van der Waals surface area contributed by atoms with Gasteiger partial charge >= 0.3 is 0 Å². The number of hydrogen-bond donors (Lipinski definition) is 1. The lowest BCUT2D eigenvalue weighted by Crippen LogP contribution is -2.83. The third-order valence-electron chi connectivity index (χ3n) is 2.28. The van der Waals surface area contributed by atoms with Crippen molar-refractivity contribution < 1.29 is 13.7 Å². The number of nitrogens with zero attached hydrogens (tertiary/aromatic N) is 1. The van der Waals surface area contributed by atoms with Crippen LogP contribution in [0.5, 0.6) is 0 Å². The normalized spacial score (nSPS) is 11.6. The van der Waals surface area contributed by atoms with Crippen molar-refractivity contribution in [1.82, 2.24) is 0 Å². The Bertz CT molecular complexity index is 429. The quantitative estimate of drug-likeness (QED) is 0.733. The number of rotatable bonds is 6. The van der Waals surface area contributed by atoms with Crippen LogP contribution < -0.4 is 5.32 Å². The Kier molecular flexibility index (Phi) is 4.92. The summed E-state index contributed by atoms with van der Waals surface area (Å²) >= 11 is 0. The van der Waals surface area contributed by atoms with E-state index in [1.165, 1.54) is 11.1 Å². The third-order valence-corrected chi connectivity index (χ3v) is 2.94. The fourth-order valence-corrected chi connectivity index (χ4v) is 1.84. The molecule has 0 radical (unpaired) electrons. The Morgan fingerprint density at radius 1 is 1.31 bits per heavy atom. The van der Waals surface area contributed by atoms with E-state index in [0.717, 1.165) is 12.8 Å². The summed E-state index contributed by atoms with van der Waals surface area (Å²) in [7, 11) is -3.17. The molecule has 1 aromatic carbocycles. The molecule has 0 unspecified atom stereocenters. The molecule has 1 rings (SSSR count). The van der Waals surface area contributed by atoms with E-state index in [4.69, 9.17) is 0 Å². The van der Waals surface area contributed by atoms with Crippen LogP contribution in [0.15, 0.2) is 24.3 Å². The SMILES string of the molecule is Cc1ccccc1C[NH2+]CC[N-]S(C)(=O)=O. The fraction of sp³-hybridized carbons (Fsp3) is 0.455. The number of benzene rings is 1. The number of quaternary nitrogens is 1.